The molecule has 3 N–H and O–H groups in total. The number of carbonyl (C=O) groups is 1. The van der Waals surface area contributed by atoms with Gasteiger partial charge in [0.25, 0.3) is 0 Å². The lowest BCUT2D eigenvalue weighted by Crippen LogP contribution is -2.25. The summed E-state index contributed by atoms with van der Waals surface area (Å²) < 4.78 is 5.04. The summed E-state index contributed by atoms with van der Waals surface area (Å²) in [7, 11) is 1.72. The Hall–Kier alpha value is -2.08. The fourth-order valence-corrected chi connectivity index (χ4v) is 1.91. The zero-order valence-electron chi connectivity index (χ0n) is 10.7. The summed E-state index contributed by atoms with van der Waals surface area (Å²) in [5, 5.41) is 7.16. The molecule has 0 aliphatic rings. The number of para-hydroxylation sites is 1. The quantitative estimate of drug-likeness (QED) is 0.593. The summed E-state index contributed by atoms with van der Waals surface area (Å²) in [6.07, 6.45) is 0. The molecule has 2 aromatic rings. The molecule has 0 fully saturated rings. The molecular formula is C13H15N3O2S. The van der Waals surface area contributed by atoms with Crippen LogP contribution in [0.4, 0.5) is 5.69 Å². The minimum absolute atomic E-state index is 0.324. The Kier molecular flexibility index (Phi) is 4.01. The monoisotopic (exact) mass is 277 g/mol. The molecule has 0 spiro atoms. The molecule has 0 aliphatic carbocycles. The van der Waals surface area contributed by atoms with E-state index < -0.39 is 5.97 Å². The molecule has 0 saturated heterocycles. The Morgan fingerprint density at radius 1 is 1.42 bits per heavy atom. The van der Waals surface area contributed by atoms with E-state index >= 15 is 0 Å². The van der Waals surface area contributed by atoms with E-state index in [2.05, 4.69) is 15.6 Å². The van der Waals surface area contributed by atoms with E-state index in [1.165, 1.54) is 0 Å². The second kappa shape index (κ2) is 5.71. The van der Waals surface area contributed by atoms with Crippen LogP contribution in [0.2, 0.25) is 0 Å². The molecule has 100 valence electrons. The van der Waals surface area contributed by atoms with Crippen LogP contribution in [0.3, 0.4) is 0 Å². The van der Waals surface area contributed by atoms with Gasteiger partial charge in [-0.25, -0.2) is 4.79 Å². The van der Waals surface area contributed by atoms with Gasteiger partial charge in [0, 0.05) is 18.0 Å². The number of benzene rings is 1. The van der Waals surface area contributed by atoms with Crippen molar-refractivity contribution in [1.82, 2.24) is 10.3 Å². The van der Waals surface area contributed by atoms with Gasteiger partial charge in [0.1, 0.15) is 5.69 Å². The van der Waals surface area contributed by atoms with Crippen molar-refractivity contribution < 1.29 is 9.53 Å². The van der Waals surface area contributed by atoms with Crippen molar-refractivity contribution in [2.45, 2.75) is 6.92 Å². The Morgan fingerprint density at radius 2 is 2.16 bits per heavy atom. The zero-order chi connectivity index (χ0) is 13.8. The smallest absolute Gasteiger partial charge is 0.356 e. The van der Waals surface area contributed by atoms with Gasteiger partial charge in [-0.05, 0) is 25.2 Å². The predicted molar refractivity (Wildman–Crippen MR) is 79.5 cm³/mol. The summed E-state index contributed by atoms with van der Waals surface area (Å²) in [5.41, 5.74) is 1.86. The molecule has 0 aliphatic heterocycles. The minimum atomic E-state index is -0.403. The van der Waals surface area contributed by atoms with E-state index in [-0.39, 0.29) is 0 Å². The Balaban J connectivity index is 2.51. The van der Waals surface area contributed by atoms with Gasteiger partial charge in [0.2, 0.25) is 0 Å². The van der Waals surface area contributed by atoms with Gasteiger partial charge in [-0.2, -0.15) is 0 Å². The highest BCUT2D eigenvalue weighted by Gasteiger charge is 2.19. The first-order chi connectivity index (χ1) is 9.17. The predicted octanol–water partition coefficient (Wildman–Crippen LogP) is 2.26. The maximum Gasteiger partial charge on any atom is 0.356 e. The average Bonchev–Trinajstić information content (AvgIpc) is 2.78. The van der Waals surface area contributed by atoms with Crippen molar-refractivity contribution in [1.29, 1.82) is 0 Å². The maximum atomic E-state index is 11.9. The third-order valence-electron chi connectivity index (χ3n) is 2.65. The number of nitrogens with one attached hydrogen (secondary N) is 3. The number of aromatic amines is 1. The van der Waals surface area contributed by atoms with Gasteiger partial charge in [-0.3, -0.25) is 0 Å². The lowest BCUT2D eigenvalue weighted by molar-refractivity contribution is 0.0522. The Morgan fingerprint density at radius 3 is 2.84 bits per heavy atom. The maximum absolute atomic E-state index is 11.9. The topological polar surface area (TPSA) is 66.2 Å². The molecular weight excluding hydrogens is 262 g/mol. The number of H-pyrrole nitrogens is 1. The molecule has 6 heteroatoms. The lowest BCUT2D eigenvalue weighted by atomic mass is 10.2. The van der Waals surface area contributed by atoms with Crippen LogP contribution in [0.15, 0.2) is 24.3 Å². The minimum Gasteiger partial charge on any atom is -0.461 e. The normalized spacial score (nSPS) is 10.2. The van der Waals surface area contributed by atoms with Crippen LogP contribution in [0.5, 0.6) is 0 Å². The Bertz CT molecular complexity index is 621. The first kappa shape index (κ1) is 13.4. The van der Waals surface area contributed by atoms with Crippen molar-refractivity contribution in [3.8, 4) is 0 Å². The van der Waals surface area contributed by atoms with E-state index in [1.54, 1.807) is 14.0 Å². The van der Waals surface area contributed by atoms with Gasteiger partial charge in [-0.15, -0.1) is 0 Å². The van der Waals surface area contributed by atoms with Gasteiger partial charge >= 0.3 is 5.97 Å². The highest BCUT2D eigenvalue weighted by atomic mass is 32.1. The molecule has 1 aromatic heterocycles. The molecule has 5 nitrogen and oxygen atoms in total. The second-order valence-electron chi connectivity index (χ2n) is 3.85. The van der Waals surface area contributed by atoms with Gasteiger partial charge in [-0.1, -0.05) is 18.2 Å². The van der Waals surface area contributed by atoms with Crippen LogP contribution in [-0.2, 0) is 4.74 Å². The van der Waals surface area contributed by atoms with Crippen molar-refractivity contribution in [3.05, 3.63) is 30.0 Å². The number of aromatic nitrogens is 1. The van der Waals surface area contributed by atoms with Crippen molar-refractivity contribution in [2.75, 3.05) is 19.0 Å². The third-order valence-corrected chi connectivity index (χ3v) is 2.96. The summed E-state index contributed by atoms with van der Waals surface area (Å²) in [6, 6.07) is 7.60. The molecule has 0 atom stereocenters. The number of ether oxygens (including phenoxy) is 1. The number of thiocarbonyl (C=S) groups is 1. The summed E-state index contributed by atoms with van der Waals surface area (Å²) in [4.78, 5) is 15.0. The standard InChI is InChI=1S/C13H15N3O2S/c1-3-18-12(17)11-10(16-13(19)14-2)8-6-4-5-7-9(8)15-11/h4-7,15H,3H2,1-2H3,(H2,14,16,19). The summed E-state index contributed by atoms with van der Waals surface area (Å²) >= 11 is 5.09. The Labute approximate surface area is 116 Å². The summed E-state index contributed by atoms with van der Waals surface area (Å²) in [6.45, 7) is 2.09. The fourth-order valence-electron chi connectivity index (χ4n) is 1.80. The molecule has 0 unspecified atom stereocenters. The number of fused-ring (bicyclic) bond motifs is 1. The van der Waals surface area contributed by atoms with Gasteiger partial charge < -0.3 is 20.4 Å². The van der Waals surface area contributed by atoms with Crippen molar-refractivity contribution in [2.24, 2.45) is 0 Å². The van der Waals surface area contributed by atoms with Crippen molar-refractivity contribution >= 4 is 39.9 Å². The molecule has 0 bridgehead atoms. The van der Waals surface area contributed by atoms with Crippen LogP contribution in [0.25, 0.3) is 10.9 Å². The average molecular weight is 277 g/mol. The zero-order valence-corrected chi connectivity index (χ0v) is 11.6. The first-order valence-electron chi connectivity index (χ1n) is 5.94. The third kappa shape index (κ3) is 2.68. The number of hydrogen-bond donors (Lipinski definition) is 3. The molecule has 0 saturated carbocycles. The second-order valence-corrected chi connectivity index (χ2v) is 4.25. The van der Waals surface area contributed by atoms with Crippen LogP contribution in [-0.4, -0.2) is 29.7 Å². The molecule has 0 amide bonds. The van der Waals surface area contributed by atoms with E-state index in [9.17, 15) is 4.79 Å². The van der Waals surface area contributed by atoms with Crippen molar-refractivity contribution in [3.63, 3.8) is 0 Å². The van der Waals surface area contributed by atoms with Gasteiger partial charge in [0.15, 0.2) is 5.11 Å². The number of rotatable bonds is 3. The van der Waals surface area contributed by atoms with Gasteiger partial charge in [0.05, 0.1) is 12.3 Å². The number of carbonyl (C=O) groups excluding carboxylic acids is 1. The van der Waals surface area contributed by atoms with E-state index in [4.69, 9.17) is 17.0 Å². The van der Waals surface area contributed by atoms with Crippen LogP contribution >= 0.6 is 12.2 Å². The molecule has 1 aromatic carbocycles. The summed E-state index contributed by atoms with van der Waals surface area (Å²) in [5.74, 6) is -0.403. The van der Waals surface area contributed by atoms with E-state index in [0.717, 1.165) is 10.9 Å². The number of esters is 1. The van der Waals surface area contributed by atoms with E-state index in [0.29, 0.717) is 23.1 Å². The number of anilines is 1. The highest BCUT2D eigenvalue weighted by molar-refractivity contribution is 7.80. The number of hydrogen-bond acceptors (Lipinski definition) is 3. The SMILES string of the molecule is CCOC(=O)c1[nH]c2ccccc2c1NC(=S)NC. The molecule has 19 heavy (non-hydrogen) atoms. The lowest BCUT2D eigenvalue weighted by Gasteiger charge is -2.08. The van der Waals surface area contributed by atoms with Crippen LogP contribution in [0.1, 0.15) is 17.4 Å². The largest absolute Gasteiger partial charge is 0.461 e. The van der Waals surface area contributed by atoms with Crippen LogP contribution < -0.4 is 10.6 Å². The molecule has 2 rings (SSSR count). The highest BCUT2D eigenvalue weighted by Crippen LogP contribution is 2.28. The first-order valence-corrected chi connectivity index (χ1v) is 6.34. The van der Waals surface area contributed by atoms with E-state index in [1.807, 2.05) is 24.3 Å². The van der Waals surface area contributed by atoms with Crippen LogP contribution in [0, 0.1) is 0 Å². The molecule has 1 heterocycles. The molecule has 0 radical (unpaired) electrons. The fraction of sp³-hybridized carbons (Fsp3) is 0.231.